The van der Waals surface area contributed by atoms with Crippen LogP contribution in [0.4, 0.5) is 0 Å². The second kappa shape index (κ2) is 10.1. The van der Waals surface area contributed by atoms with Crippen LogP contribution in [0.1, 0.15) is 31.2 Å². The van der Waals surface area contributed by atoms with E-state index in [-0.39, 0.29) is 19.1 Å². The SMILES string of the molecule is OCC(CO)CCCCCOCc1ccccc1. The van der Waals surface area contributed by atoms with Crippen molar-refractivity contribution in [2.75, 3.05) is 19.8 Å². The van der Waals surface area contributed by atoms with Crippen molar-refractivity contribution in [1.82, 2.24) is 0 Å². The Morgan fingerprint density at radius 2 is 1.67 bits per heavy atom. The quantitative estimate of drug-likeness (QED) is 0.628. The molecule has 0 unspecified atom stereocenters. The van der Waals surface area contributed by atoms with E-state index in [0.717, 1.165) is 32.3 Å². The molecular formula is C15H24O3. The van der Waals surface area contributed by atoms with Crippen LogP contribution in [0.5, 0.6) is 0 Å². The first kappa shape index (κ1) is 15.2. The molecule has 0 aliphatic carbocycles. The van der Waals surface area contributed by atoms with Crippen molar-refractivity contribution in [3.63, 3.8) is 0 Å². The minimum Gasteiger partial charge on any atom is -0.396 e. The van der Waals surface area contributed by atoms with Crippen LogP contribution in [-0.4, -0.2) is 30.0 Å². The van der Waals surface area contributed by atoms with E-state index in [1.165, 1.54) is 5.56 Å². The molecule has 0 atom stereocenters. The van der Waals surface area contributed by atoms with Crippen LogP contribution in [0.3, 0.4) is 0 Å². The van der Waals surface area contributed by atoms with Crippen LogP contribution < -0.4 is 0 Å². The lowest BCUT2D eigenvalue weighted by Crippen LogP contribution is -2.10. The summed E-state index contributed by atoms with van der Waals surface area (Å²) >= 11 is 0. The number of rotatable bonds is 10. The number of benzene rings is 1. The van der Waals surface area contributed by atoms with E-state index in [1.54, 1.807) is 0 Å². The largest absolute Gasteiger partial charge is 0.396 e. The molecule has 0 bridgehead atoms. The van der Waals surface area contributed by atoms with Gasteiger partial charge in [-0.15, -0.1) is 0 Å². The van der Waals surface area contributed by atoms with Gasteiger partial charge in [0, 0.05) is 25.7 Å². The van der Waals surface area contributed by atoms with Crippen molar-refractivity contribution < 1.29 is 14.9 Å². The van der Waals surface area contributed by atoms with Crippen LogP contribution in [0.25, 0.3) is 0 Å². The third-order valence-corrected chi connectivity index (χ3v) is 3.03. The standard InChI is InChI=1S/C15H24O3/c16-11-15(12-17)9-5-2-6-10-18-13-14-7-3-1-4-8-14/h1,3-4,7-8,15-17H,2,5-6,9-13H2. The molecule has 3 heteroatoms. The Morgan fingerprint density at radius 3 is 2.33 bits per heavy atom. The third kappa shape index (κ3) is 6.74. The highest BCUT2D eigenvalue weighted by Crippen LogP contribution is 2.09. The topological polar surface area (TPSA) is 49.7 Å². The van der Waals surface area contributed by atoms with Crippen molar-refractivity contribution in [2.24, 2.45) is 5.92 Å². The predicted octanol–water partition coefficient (Wildman–Crippen LogP) is 2.36. The van der Waals surface area contributed by atoms with E-state index in [9.17, 15) is 0 Å². The highest BCUT2D eigenvalue weighted by atomic mass is 16.5. The molecule has 0 saturated heterocycles. The van der Waals surface area contributed by atoms with Gasteiger partial charge in [0.1, 0.15) is 0 Å². The van der Waals surface area contributed by atoms with Gasteiger partial charge in [0.05, 0.1) is 6.61 Å². The average molecular weight is 252 g/mol. The number of aliphatic hydroxyl groups is 2. The first-order valence-electron chi connectivity index (χ1n) is 6.70. The first-order chi connectivity index (χ1) is 8.86. The van der Waals surface area contributed by atoms with E-state index in [2.05, 4.69) is 12.1 Å². The van der Waals surface area contributed by atoms with E-state index >= 15 is 0 Å². The number of hydrogen-bond acceptors (Lipinski definition) is 3. The summed E-state index contributed by atoms with van der Waals surface area (Å²) in [6, 6.07) is 10.2. The Balaban J connectivity index is 1.93. The van der Waals surface area contributed by atoms with Gasteiger partial charge in [0.15, 0.2) is 0 Å². The molecule has 0 spiro atoms. The van der Waals surface area contributed by atoms with Crippen molar-refractivity contribution in [2.45, 2.75) is 32.3 Å². The number of ether oxygens (including phenoxy) is 1. The third-order valence-electron chi connectivity index (χ3n) is 3.03. The van der Waals surface area contributed by atoms with Gasteiger partial charge in [-0.1, -0.05) is 43.2 Å². The number of aliphatic hydroxyl groups excluding tert-OH is 2. The van der Waals surface area contributed by atoms with Gasteiger partial charge in [-0.05, 0) is 18.4 Å². The summed E-state index contributed by atoms with van der Waals surface area (Å²) in [7, 11) is 0. The molecule has 0 aliphatic heterocycles. The van der Waals surface area contributed by atoms with Crippen LogP contribution in [0.15, 0.2) is 30.3 Å². The summed E-state index contributed by atoms with van der Waals surface area (Å²) in [5.74, 6) is 0.0511. The molecule has 0 heterocycles. The summed E-state index contributed by atoms with van der Waals surface area (Å²) in [5, 5.41) is 17.8. The Morgan fingerprint density at radius 1 is 0.944 bits per heavy atom. The molecule has 18 heavy (non-hydrogen) atoms. The van der Waals surface area contributed by atoms with Gasteiger partial charge < -0.3 is 14.9 Å². The molecule has 1 aromatic rings. The van der Waals surface area contributed by atoms with E-state index in [4.69, 9.17) is 14.9 Å². The summed E-state index contributed by atoms with van der Waals surface area (Å²) in [6.07, 6.45) is 4.06. The van der Waals surface area contributed by atoms with Gasteiger partial charge >= 0.3 is 0 Å². The Kier molecular flexibility index (Phi) is 8.47. The fourth-order valence-electron chi connectivity index (χ4n) is 1.82. The summed E-state index contributed by atoms with van der Waals surface area (Å²) < 4.78 is 5.58. The Labute approximate surface area is 109 Å². The highest BCUT2D eigenvalue weighted by Gasteiger charge is 2.04. The molecule has 0 fully saturated rings. The fourth-order valence-corrected chi connectivity index (χ4v) is 1.82. The minimum absolute atomic E-state index is 0.0511. The predicted molar refractivity (Wildman–Crippen MR) is 72.2 cm³/mol. The highest BCUT2D eigenvalue weighted by molar-refractivity contribution is 5.13. The molecule has 3 nitrogen and oxygen atoms in total. The summed E-state index contributed by atoms with van der Waals surface area (Å²) in [5.41, 5.74) is 1.21. The van der Waals surface area contributed by atoms with Crippen LogP contribution in [-0.2, 0) is 11.3 Å². The van der Waals surface area contributed by atoms with Gasteiger partial charge in [-0.25, -0.2) is 0 Å². The molecule has 2 N–H and O–H groups in total. The van der Waals surface area contributed by atoms with Crippen molar-refractivity contribution in [1.29, 1.82) is 0 Å². The zero-order valence-electron chi connectivity index (χ0n) is 10.9. The van der Waals surface area contributed by atoms with Crippen molar-refractivity contribution in [3.8, 4) is 0 Å². The van der Waals surface area contributed by atoms with Gasteiger partial charge in [0.25, 0.3) is 0 Å². The molecule has 1 aromatic carbocycles. The maximum atomic E-state index is 8.91. The van der Waals surface area contributed by atoms with E-state index in [0.29, 0.717) is 6.61 Å². The molecule has 102 valence electrons. The summed E-state index contributed by atoms with van der Waals surface area (Å²) in [6.45, 7) is 1.62. The van der Waals surface area contributed by atoms with Crippen molar-refractivity contribution in [3.05, 3.63) is 35.9 Å². The molecule has 0 radical (unpaired) electrons. The average Bonchev–Trinajstić information content (AvgIpc) is 2.43. The molecule has 0 saturated carbocycles. The lowest BCUT2D eigenvalue weighted by atomic mass is 10.0. The Bertz CT molecular complexity index is 283. The molecule has 0 aliphatic rings. The van der Waals surface area contributed by atoms with Crippen LogP contribution >= 0.6 is 0 Å². The first-order valence-corrected chi connectivity index (χ1v) is 6.70. The van der Waals surface area contributed by atoms with E-state index in [1.807, 2.05) is 18.2 Å². The van der Waals surface area contributed by atoms with Gasteiger partial charge in [-0.3, -0.25) is 0 Å². The second-order valence-corrected chi connectivity index (χ2v) is 4.62. The zero-order valence-corrected chi connectivity index (χ0v) is 10.9. The number of hydrogen-bond donors (Lipinski definition) is 2. The molecule has 0 aromatic heterocycles. The monoisotopic (exact) mass is 252 g/mol. The molecule has 1 rings (SSSR count). The van der Waals surface area contributed by atoms with Gasteiger partial charge in [0.2, 0.25) is 0 Å². The van der Waals surface area contributed by atoms with Crippen LogP contribution in [0.2, 0.25) is 0 Å². The Hall–Kier alpha value is -0.900. The van der Waals surface area contributed by atoms with Crippen LogP contribution in [0, 0.1) is 5.92 Å². The lowest BCUT2D eigenvalue weighted by Gasteiger charge is -2.10. The van der Waals surface area contributed by atoms with E-state index < -0.39 is 0 Å². The number of unbranched alkanes of at least 4 members (excludes halogenated alkanes) is 2. The summed E-state index contributed by atoms with van der Waals surface area (Å²) in [4.78, 5) is 0. The lowest BCUT2D eigenvalue weighted by molar-refractivity contribution is 0.114. The second-order valence-electron chi connectivity index (χ2n) is 4.62. The smallest absolute Gasteiger partial charge is 0.0716 e. The van der Waals surface area contributed by atoms with Crippen molar-refractivity contribution >= 4 is 0 Å². The zero-order chi connectivity index (χ0) is 13.1. The molecular weight excluding hydrogens is 228 g/mol. The minimum atomic E-state index is 0.0511. The molecule has 0 amide bonds. The fraction of sp³-hybridized carbons (Fsp3) is 0.600. The maximum Gasteiger partial charge on any atom is 0.0716 e. The van der Waals surface area contributed by atoms with Gasteiger partial charge in [-0.2, -0.15) is 0 Å². The maximum absolute atomic E-state index is 8.91. The normalized spacial score (nSPS) is 11.1.